The number of para-hydroxylation sites is 1. The van der Waals surface area contributed by atoms with Crippen LogP contribution >= 0.6 is 12.2 Å². The highest BCUT2D eigenvalue weighted by atomic mass is 32.1. The third kappa shape index (κ3) is 3.42. The van der Waals surface area contributed by atoms with Gasteiger partial charge in [-0.05, 0) is 43.8 Å². The molecule has 0 saturated carbocycles. The van der Waals surface area contributed by atoms with Crippen LogP contribution in [0.5, 0.6) is 0 Å². The highest BCUT2D eigenvalue weighted by Gasteiger charge is 2.37. The van der Waals surface area contributed by atoms with Gasteiger partial charge in [-0.15, -0.1) is 0 Å². The van der Waals surface area contributed by atoms with E-state index in [0.29, 0.717) is 17.3 Å². The zero-order chi connectivity index (χ0) is 17.8. The summed E-state index contributed by atoms with van der Waals surface area (Å²) >= 11 is 5.60. The number of ether oxygens (including phenoxy) is 1. The number of carbonyl (C=O) groups is 1. The monoisotopic (exact) mass is 352 g/mol. The molecule has 1 unspecified atom stereocenters. The number of hydrogen-bond acceptors (Lipinski definition) is 3. The van der Waals surface area contributed by atoms with Gasteiger partial charge >= 0.3 is 5.97 Å². The Morgan fingerprint density at radius 3 is 2.32 bits per heavy atom. The molecule has 5 heteroatoms. The van der Waals surface area contributed by atoms with Crippen LogP contribution in [0.25, 0.3) is 0 Å². The first-order valence-electron chi connectivity index (χ1n) is 8.21. The molecule has 3 rings (SSSR count). The van der Waals surface area contributed by atoms with Crippen LogP contribution in [0.15, 0.2) is 71.9 Å². The lowest BCUT2D eigenvalue weighted by Crippen LogP contribution is -2.48. The molecule has 0 bridgehead atoms. The van der Waals surface area contributed by atoms with E-state index in [-0.39, 0.29) is 12.0 Å². The Hall–Kier alpha value is -2.66. The molecule has 0 saturated heterocycles. The number of carbonyl (C=O) groups excluding carboxylic acids is 1. The maximum Gasteiger partial charge on any atom is 0.338 e. The normalized spacial score (nSPS) is 17.3. The Kier molecular flexibility index (Phi) is 5.14. The van der Waals surface area contributed by atoms with Crippen molar-refractivity contribution in [2.24, 2.45) is 0 Å². The molecule has 0 spiro atoms. The number of rotatable bonds is 4. The number of thiocarbonyl (C=S) groups is 1. The van der Waals surface area contributed by atoms with Gasteiger partial charge in [0.2, 0.25) is 0 Å². The molecule has 0 radical (unpaired) electrons. The van der Waals surface area contributed by atoms with Crippen molar-refractivity contribution in [2.75, 3.05) is 11.5 Å². The van der Waals surface area contributed by atoms with Gasteiger partial charge in [-0.25, -0.2) is 4.79 Å². The van der Waals surface area contributed by atoms with Gasteiger partial charge in [-0.1, -0.05) is 48.5 Å². The van der Waals surface area contributed by atoms with E-state index in [2.05, 4.69) is 5.32 Å². The zero-order valence-electron chi connectivity index (χ0n) is 14.2. The average molecular weight is 352 g/mol. The number of hydrogen-bond donors (Lipinski definition) is 1. The van der Waals surface area contributed by atoms with Crippen molar-refractivity contribution in [2.45, 2.75) is 19.9 Å². The minimum atomic E-state index is -0.337. The number of allylic oxidation sites excluding steroid dienone is 1. The molecule has 0 aromatic heterocycles. The van der Waals surface area contributed by atoms with Crippen molar-refractivity contribution in [1.82, 2.24) is 5.32 Å². The van der Waals surface area contributed by atoms with Crippen LogP contribution in [0.2, 0.25) is 0 Å². The number of esters is 1. The first-order chi connectivity index (χ1) is 12.1. The van der Waals surface area contributed by atoms with Gasteiger partial charge in [0.05, 0.1) is 18.2 Å². The second-order valence-electron chi connectivity index (χ2n) is 5.71. The van der Waals surface area contributed by atoms with E-state index in [0.717, 1.165) is 16.9 Å². The van der Waals surface area contributed by atoms with Gasteiger partial charge in [-0.2, -0.15) is 0 Å². The van der Waals surface area contributed by atoms with Gasteiger partial charge in [-0.3, -0.25) is 0 Å². The predicted octanol–water partition coefficient (Wildman–Crippen LogP) is 3.96. The van der Waals surface area contributed by atoms with Crippen molar-refractivity contribution in [3.8, 4) is 0 Å². The quantitative estimate of drug-likeness (QED) is 0.666. The lowest BCUT2D eigenvalue weighted by atomic mass is 9.93. The summed E-state index contributed by atoms with van der Waals surface area (Å²) in [6.07, 6.45) is 0. The maximum atomic E-state index is 12.7. The molecule has 1 atom stereocenters. The maximum absolute atomic E-state index is 12.7. The summed E-state index contributed by atoms with van der Waals surface area (Å²) in [7, 11) is 0. The highest BCUT2D eigenvalue weighted by molar-refractivity contribution is 7.80. The Morgan fingerprint density at radius 2 is 1.72 bits per heavy atom. The smallest absolute Gasteiger partial charge is 0.338 e. The summed E-state index contributed by atoms with van der Waals surface area (Å²) in [5.74, 6) is -0.329. The van der Waals surface area contributed by atoms with Gasteiger partial charge < -0.3 is 15.0 Å². The van der Waals surface area contributed by atoms with Crippen LogP contribution in [-0.4, -0.2) is 17.7 Å². The average Bonchev–Trinajstić information content (AvgIpc) is 2.62. The third-order valence-electron chi connectivity index (χ3n) is 4.09. The molecule has 1 aliphatic heterocycles. The molecular weight excluding hydrogens is 332 g/mol. The van der Waals surface area contributed by atoms with Gasteiger partial charge in [0, 0.05) is 11.4 Å². The van der Waals surface area contributed by atoms with Crippen molar-refractivity contribution in [3.05, 3.63) is 77.5 Å². The number of anilines is 1. The SMILES string of the molecule is CCOC(=O)C1=C(C)NC(=S)N(c2ccccc2)C1c1ccccc1. The molecule has 2 aromatic rings. The molecule has 25 heavy (non-hydrogen) atoms. The van der Waals surface area contributed by atoms with E-state index in [1.807, 2.05) is 72.5 Å². The first kappa shape index (κ1) is 17.2. The topological polar surface area (TPSA) is 41.6 Å². The fraction of sp³-hybridized carbons (Fsp3) is 0.200. The first-order valence-corrected chi connectivity index (χ1v) is 8.62. The highest BCUT2D eigenvalue weighted by Crippen LogP contribution is 2.37. The summed E-state index contributed by atoms with van der Waals surface area (Å²) in [6, 6.07) is 19.4. The van der Waals surface area contributed by atoms with Gasteiger partial charge in [0.15, 0.2) is 5.11 Å². The number of nitrogens with zero attached hydrogens (tertiary/aromatic N) is 1. The lowest BCUT2D eigenvalue weighted by Gasteiger charge is -2.39. The van der Waals surface area contributed by atoms with E-state index in [4.69, 9.17) is 17.0 Å². The van der Waals surface area contributed by atoms with E-state index >= 15 is 0 Å². The van der Waals surface area contributed by atoms with E-state index in [9.17, 15) is 4.79 Å². The molecule has 0 aliphatic carbocycles. The Bertz CT molecular complexity index is 803. The van der Waals surface area contributed by atoms with Crippen molar-refractivity contribution in [1.29, 1.82) is 0 Å². The molecule has 1 N–H and O–H groups in total. The van der Waals surface area contributed by atoms with Crippen LogP contribution in [0, 0.1) is 0 Å². The molecule has 1 heterocycles. The summed E-state index contributed by atoms with van der Waals surface area (Å²) < 4.78 is 5.32. The van der Waals surface area contributed by atoms with Crippen LogP contribution in [-0.2, 0) is 9.53 Å². The Balaban J connectivity index is 2.17. The largest absolute Gasteiger partial charge is 0.463 e. The van der Waals surface area contributed by atoms with Crippen LogP contribution in [0.1, 0.15) is 25.5 Å². The van der Waals surface area contributed by atoms with Gasteiger partial charge in [0.25, 0.3) is 0 Å². The van der Waals surface area contributed by atoms with Crippen molar-refractivity contribution >= 4 is 29.0 Å². The standard InChI is InChI=1S/C20H20N2O2S/c1-3-24-19(23)17-14(2)21-20(25)22(16-12-8-5-9-13-16)18(17)15-10-6-4-7-11-15/h4-13,18H,3H2,1-2H3,(H,21,25). The number of nitrogens with one attached hydrogen (secondary N) is 1. The van der Waals surface area contributed by atoms with Gasteiger partial charge in [0.1, 0.15) is 0 Å². The predicted molar refractivity (Wildman–Crippen MR) is 103 cm³/mol. The fourth-order valence-corrected chi connectivity index (χ4v) is 3.38. The second kappa shape index (κ2) is 7.49. The Labute approximate surface area is 153 Å². The van der Waals surface area contributed by atoms with Crippen LogP contribution in [0.3, 0.4) is 0 Å². The summed E-state index contributed by atoms with van der Waals surface area (Å²) in [6.45, 7) is 3.99. The summed E-state index contributed by atoms with van der Waals surface area (Å²) in [5.41, 5.74) is 3.20. The second-order valence-corrected chi connectivity index (χ2v) is 6.09. The van der Waals surface area contributed by atoms with E-state index < -0.39 is 0 Å². The third-order valence-corrected chi connectivity index (χ3v) is 4.39. The summed E-state index contributed by atoms with van der Waals surface area (Å²) in [5, 5.41) is 3.71. The molecule has 0 amide bonds. The molecule has 128 valence electrons. The van der Waals surface area contributed by atoms with Crippen molar-refractivity contribution < 1.29 is 9.53 Å². The molecular formula is C20H20N2O2S. The molecule has 1 aliphatic rings. The number of benzene rings is 2. The zero-order valence-corrected chi connectivity index (χ0v) is 15.0. The minimum Gasteiger partial charge on any atom is -0.463 e. The van der Waals surface area contributed by atoms with Crippen LogP contribution < -0.4 is 10.2 Å². The minimum absolute atomic E-state index is 0.326. The fourth-order valence-electron chi connectivity index (χ4n) is 3.02. The van der Waals surface area contributed by atoms with E-state index in [1.165, 1.54) is 0 Å². The molecule has 0 fully saturated rings. The summed E-state index contributed by atoms with van der Waals surface area (Å²) in [4.78, 5) is 14.6. The Morgan fingerprint density at radius 1 is 1.12 bits per heavy atom. The molecule has 2 aromatic carbocycles. The molecule has 4 nitrogen and oxygen atoms in total. The van der Waals surface area contributed by atoms with Crippen molar-refractivity contribution in [3.63, 3.8) is 0 Å². The van der Waals surface area contributed by atoms with E-state index in [1.54, 1.807) is 6.92 Å². The lowest BCUT2D eigenvalue weighted by molar-refractivity contribution is -0.138. The van der Waals surface area contributed by atoms with Crippen LogP contribution in [0.4, 0.5) is 5.69 Å².